The number of carbonyl (C=O) groups is 2. The number of halogens is 2. The van der Waals surface area contributed by atoms with Crippen LogP contribution in [0.25, 0.3) is 0 Å². The number of hydrogen-bond acceptors (Lipinski definition) is 4. The summed E-state index contributed by atoms with van der Waals surface area (Å²) in [4.78, 5) is 26.0. The molecule has 3 rings (SSSR count). The van der Waals surface area contributed by atoms with Crippen LogP contribution in [0.3, 0.4) is 0 Å². The Hall–Kier alpha value is -2.24. The summed E-state index contributed by atoms with van der Waals surface area (Å²) in [5.74, 6) is 0.0419. The zero-order valence-electron chi connectivity index (χ0n) is 12.8. The molecule has 124 valence electrons. The predicted octanol–water partition coefficient (Wildman–Crippen LogP) is 3.75. The number of nitrogens with one attached hydrogen (secondary N) is 1. The van der Waals surface area contributed by atoms with Gasteiger partial charge in [-0.1, -0.05) is 29.3 Å². The van der Waals surface area contributed by atoms with Crippen LogP contribution in [0.5, 0.6) is 5.75 Å². The standard InChI is InChI=1S/C17H14Cl2N2O3/c1-24-11-7-5-10(6-8-11)21-15(22)9-14(17(21)23)20-13-4-2-3-12(18)16(13)19/h2-8,14,20H,9H2,1H3/t14-/m1/s1. The molecular weight excluding hydrogens is 351 g/mol. The highest BCUT2D eigenvalue weighted by molar-refractivity contribution is 6.43. The van der Waals surface area contributed by atoms with Crippen molar-refractivity contribution in [3.8, 4) is 5.75 Å². The Labute approximate surface area is 149 Å². The average molecular weight is 365 g/mol. The van der Waals surface area contributed by atoms with Crippen LogP contribution in [0, 0.1) is 0 Å². The summed E-state index contributed by atoms with van der Waals surface area (Å²) in [6.45, 7) is 0. The Balaban J connectivity index is 1.82. The van der Waals surface area contributed by atoms with Crippen molar-refractivity contribution in [2.45, 2.75) is 12.5 Å². The van der Waals surface area contributed by atoms with Gasteiger partial charge in [0.05, 0.1) is 35.0 Å². The van der Waals surface area contributed by atoms with Gasteiger partial charge in [-0.25, -0.2) is 4.90 Å². The van der Waals surface area contributed by atoms with E-state index in [2.05, 4.69) is 5.32 Å². The summed E-state index contributed by atoms with van der Waals surface area (Å²) in [6, 6.07) is 11.1. The first-order chi connectivity index (χ1) is 11.5. The molecule has 7 heteroatoms. The summed E-state index contributed by atoms with van der Waals surface area (Å²) in [7, 11) is 1.55. The smallest absolute Gasteiger partial charge is 0.256 e. The van der Waals surface area contributed by atoms with Gasteiger partial charge in [-0.15, -0.1) is 0 Å². The van der Waals surface area contributed by atoms with Crippen LogP contribution in [-0.2, 0) is 9.59 Å². The minimum absolute atomic E-state index is 0.0493. The molecule has 2 amide bonds. The van der Waals surface area contributed by atoms with Crippen molar-refractivity contribution < 1.29 is 14.3 Å². The van der Waals surface area contributed by atoms with E-state index in [0.717, 1.165) is 4.90 Å². The molecule has 2 aromatic carbocycles. The van der Waals surface area contributed by atoms with E-state index in [1.165, 1.54) is 0 Å². The van der Waals surface area contributed by atoms with Crippen LogP contribution in [0.2, 0.25) is 10.0 Å². The molecule has 0 aliphatic carbocycles. The maximum absolute atomic E-state index is 12.6. The van der Waals surface area contributed by atoms with E-state index in [1.54, 1.807) is 49.6 Å². The molecule has 1 fully saturated rings. The molecule has 5 nitrogen and oxygen atoms in total. The van der Waals surface area contributed by atoms with Gasteiger partial charge < -0.3 is 10.1 Å². The molecule has 0 radical (unpaired) electrons. The van der Waals surface area contributed by atoms with Crippen molar-refractivity contribution in [1.82, 2.24) is 0 Å². The lowest BCUT2D eigenvalue weighted by molar-refractivity contribution is -0.121. The Bertz CT molecular complexity index is 793. The first-order valence-electron chi connectivity index (χ1n) is 7.22. The molecule has 1 saturated heterocycles. The van der Waals surface area contributed by atoms with Gasteiger partial charge in [0.25, 0.3) is 5.91 Å². The van der Waals surface area contributed by atoms with E-state index < -0.39 is 6.04 Å². The monoisotopic (exact) mass is 364 g/mol. The number of methoxy groups -OCH3 is 1. The van der Waals surface area contributed by atoms with Crippen LogP contribution in [0.1, 0.15) is 6.42 Å². The Morgan fingerprint density at radius 1 is 1.12 bits per heavy atom. The maximum atomic E-state index is 12.6. The number of benzene rings is 2. The second-order valence-electron chi connectivity index (χ2n) is 5.27. The lowest BCUT2D eigenvalue weighted by Gasteiger charge is -2.17. The number of ether oxygens (including phenoxy) is 1. The lowest BCUT2D eigenvalue weighted by Crippen LogP contribution is -2.34. The van der Waals surface area contributed by atoms with Crippen LogP contribution in [-0.4, -0.2) is 25.0 Å². The van der Waals surface area contributed by atoms with Crippen molar-refractivity contribution in [3.63, 3.8) is 0 Å². The van der Waals surface area contributed by atoms with Gasteiger partial charge in [-0.05, 0) is 36.4 Å². The zero-order valence-corrected chi connectivity index (χ0v) is 14.3. The predicted molar refractivity (Wildman–Crippen MR) is 94.0 cm³/mol. The van der Waals surface area contributed by atoms with Crippen LogP contribution in [0.15, 0.2) is 42.5 Å². The highest BCUT2D eigenvalue weighted by Crippen LogP contribution is 2.32. The largest absolute Gasteiger partial charge is 0.497 e. The number of anilines is 2. The van der Waals surface area contributed by atoms with Crippen LogP contribution in [0.4, 0.5) is 11.4 Å². The molecule has 1 aliphatic heterocycles. The van der Waals surface area contributed by atoms with Crippen molar-refractivity contribution in [2.24, 2.45) is 0 Å². The first-order valence-corrected chi connectivity index (χ1v) is 7.98. The summed E-state index contributed by atoms with van der Waals surface area (Å²) >= 11 is 12.1. The van der Waals surface area contributed by atoms with Gasteiger partial charge in [-0.2, -0.15) is 0 Å². The molecule has 0 unspecified atom stereocenters. The molecule has 1 N–H and O–H groups in total. The Kier molecular flexibility index (Phi) is 4.64. The topological polar surface area (TPSA) is 58.6 Å². The number of imide groups is 1. The van der Waals surface area contributed by atoms with E-state index in [0.29, 0.717) is 27.2 Å². The fourth-order valence-corrected chi connectivity index (χ4v) is 2.91. The molecule has 2 aromatic rings. The summed E-state index contributed by atoms with van der Waals surface area (Å²) in [6.07, 6.45) is 0.0493. The third kappa shape index (κ3) is 3.05. The van der Waals surface area contributed by atoms with Crippen LogP contribution >= 0.6 is 23.2 Å². The minimum Gasteiger partial charge on any atom is -0.497 e. The molecule has 24 heavy (non-hydrogen) atoms. The third-order valence-electron chi connectivity index (χ3n) is 3.76. The SMILES string of the molecule is COc1ccc(N2C(=O)C[C@@H](Nc3cccc(Cl)c3Cl)C2=O)cc1. The Morgan fingerprint density at radius 2 is 1.83 bits per heavy atom. The van der Waals surface area contributed by atoms with Crippen LogP contribution < -0.4 is 15.0 Å². The van der Waals surface area contributed by atoms with Gasteiger partial charge in [-0.3, -0.25) is 9.59 Å². The molecule has 0 aromatic heterocycles. The van der Waals surface area contributed by atoms with E-state index in [-0.39, 0.29) is 18.2 Å². The molecular formula is C17H14Cl2N2O3. The van der Waals surface area contributed by atoms with Gasteiger partial charge in [0.15, 0.2) is 0 Å². The van der Waals surface area contributed by atoms with E-state index in [4.69, 9.17) is 27.9 Å². The number of amides is 2. The molecule has 1 aliphatic rings. The molecule has 0 saturated carbocycles. The maximum Gasteiger partial charge on any atom is 0.256 e. The van der Waals surface area contributed by atoms with Crippen molar-refractivity contribution in [3.05, 3.63) is 52.5 Å². The highest BCUT2D eigenvalue weighted by Gasteiger charge is 2.39. The number of carbonyl (C=O) groups excluding carboxylic acids is 2. The fourth-order valence-electron chi connectivity index (χ4n) is 2.55. The van der Waals surface area contributed by atoms with E-state index in [1.807, 2.05) is 0 Å². The highest BCUT2D eigenvalue weighted by atomic mass is 35.5. The molecule has 1 heterocycles. The second-order valence-corrected chi connectivity index (χ2v) is 6.05. The molecule has 1 atom stereocenters. The third-order valence-corrected chi connectivity index (χ3v) is 4.58. The van der Waals surface area contributed by atoms with E-state index >= 15 is 0 Å². The van der Waals surface area contributed by atoms with E-state index in [9.17, 15) is 9.59 Å². The fraction of sp³-hybridized carbons (Fsp3) is 0.176. The molecule has 0 spiro atoms. The van der Waals surface area contributed by atoms with Gasteiger partial charge >= 0.3 is 0 Å². The number of nitrogens with zero attached hydrogens (tertiary/aromatic N) is 1. The van der Waals surface area contributed by atoms with Gasteiger partial charge in [0.2, 0.25) is 5.91 Å². The second kappa shape index (κ2) is 6.71. The average Bonchev–Trinajstić information content (AvgIpc) is 2.86. The van der Waals surface area contributed by atoms with Crippen molar-refractivity contribution in [2.75, 3.05) is 17.3 Å². The zero-order chi connectivity index (χ0) is 17.3. The molecule has 0 bridgehead atoms. The summed E-state index contributed by atoms with van der Waals surface area (Å²) in [5, 5.41) is 3.70. The van der Waals surface area contributed by atoms with Crippen molar-refractivity contribution >= 4 is 46.4 Å². The summed E-state index contributed by atoms with van der Waals surface area (Å²) < 4.78 is 5.08. The quantitative estimate of drug-likeness (QED) is 0.839. The van der Waals surface area contributed by atoms with Crippen molar-refractivity contribution in [1.29, 1.82) is 0 Å². The normalized spacial score (nSPS) is 17.3. The Morgan fingerprint density at radius 3 is 2.50 bits per heavy atom. The minimum atomic E-state index is -0.685. The van der Waals surface area contributed by atoms with Gasteiger partial charge in [0, 0.05) is 0 Å². The lowest BCUT2D eigenvalue weighted by atomic mass is 10.2. The van der Waals surface area contributed by atoms with Gasteiger partial charge in [0.1, 0.15) is 11.8 Å². The first kappa shape index (κ1) is 16.6. The summed E-state index contributed by atoms with van der Waals surface area (Å²) in [5.41, 5.74) is 1.03. The number of rotatable bonds is 4. The number of hydrogen-bond donors (Lipinski definition) is 1.